The molecule has 0 bridgehead atoms. The average Bonchev–Trinajstić information content (AvgIpc) is 2.17. The molecule has 0 spiro atoms. The second-order valence-electron chi connectivity index (χ2n) is 3.45. The molecule has 0 amide bonds. The molecule has 0 aliphatic heterocycles. The Morgan fingerprint density at radius 1 is 1.00 bits per heavy atom. The van der Waals surface area contributed by atoms with Gasteiger partial charge in [-0.25, -0.2) is 0 Å². The quantitative estimate of drug-likeness (QED) is 0.609. The van der Waals surface area contributed by atoms with Gasteiger partial charge in [0.1, 0.15) is 0 Å². The SMILES string of the molecule is Nc1ccc(Br)c(C(O)(C(F)(F)F)C(F)(F)F)c1. The summed E-state index contributed by atoms with van der Waals surface area (Å²) in [6.45, 7) is 0. The lowest BCUT2D eigenvalue weighted by Gasteiger charge is -2.33. The van der Waals surface area contributed by atoms with E-state index in [1.807, 2.05) is 0 Å². The highest BCUT2D eigenvalue weighted by Gasteiger charge is 2.72. The lowest BCUT2D eigenvalue weighted by molar-refractivity contribution is -0.376. The summed E-state index contributed by atoms with van der Waals surface area (Å²) in [5.74, 6) is 0. The molecule has 1 rings (SSSR count). The topological polar surface area (TPSA) is 46.2 Å². The lowest BCUT2D eigenvalue weighted by atomic mass is 9.92. The van der Waals surface area contributed by atoms with Crippen molar-refractivity contribution in [2.75, 3.05) is 5.73 Å². The maximum atomic E-state index is 12.6. The number of halogens is 7. The van der Waals surface area contributed by atoms with E-state index >= 15 is 0 Å². The van der Waals surface area contributed by atoms with Gasteiger partial charge < -0.3 is 10.8 Å². The third-order valence-electron chi connectivity index (χ3n) is 2.20. The van der Waals surface area contributed by atoms with Crippen molar-refractivity contribution >= 4 is 21.6 Å². The Morgan fingerprint density at radius 3 is 1.83 bits per heavy atom. The highest BCUT2D eigenvalue weighted by molar-refractivity contribution is 9.10. The first-order valence-electron chi connectivity index (χ1n) is 4.32. The van der Waals surface area contributed by atoms with Crippen LogP contribution in [0.1, 0.15) is 5.56 Å². The molecular formula is C9H6BrF6NO. The van der Waals surface area contributed by atoms with Crippen LogP contribution in [-0.4, -0.2) is 17.5 Å². The standard InChI is InChI=1S/C9H6BrF6NO/c10-6-2-1-4(17)3-5(6)7(18,8(11,12)13)9(14,15)16/h1-3,18H,17H2. The number of nitrogen functional groups attached to an aromatic ring is 1. The first-order chi connectivity index (χ1) is 7.91. The van der Waals surface area contributed by atoms with Gasteiger partial charge in [-0.2, -0.15) is 26.3 Å². The second kappa shape index (κ2) is 4.30. The summed E-state index contributed by atoms with van der Waals surface area (Å²) >= 11 is 2.54. The maximum absolute atomic E-state index is 12.6. The average molecular weight is 338 g/mol. The first kappa shape index (κ1) is 15.1. The van der Waals surface area contributed by atoms with Crippen molar-refractivity contribution in [2.24, 2.45) is 0 Å². The first-order valence-corrected chi connectivity index (χ1v) is 5.12. The molecule has 0 saturated heterocycles. The van der Waals surface area contributed by atoms with Crippen LogP contribution in [0.2, 0.25) is 0 Å². The van der Waals surface area contributed by atoms with Gasteiger partial charge in [0.05, 0.1) is 0 Å². The van der Waals surface area contributed by atoms with Crippen LogP contribution in [0.3, 0.4) is 0 Å². The van der Waals surface area contributed by atoms with Crippen LogP contribution >= 0.6 is 15.9 Å². The molecule has 1 aromatic rings. The Balaban J connectivity index is 3.61. The van der Waals surface area contributed by atoms with E-state index < -0.39 is 28.0 Å². The normalized spacial score (nSPS) is 13.8. The molecular weight excluding hydrogens is 332 g/mol. The second-order valence-corrected chi connectivity index (χ2v) is 4.30. The van der Waals surface area contributed by atoms with E-state index in [1.165, 1.54) is 0 Å². The maximum Gasteiger partial charge on any atom is 0.430 e. The zero-order valence-corrected chi connectivity index (χ0v) is 9.99. The van der Waals surface area contributed by atoms with E-state index in [-0.39, 0.29) is 5.69 Å². The number of hydrogen-bond acceptors (Lipinski definition) is 2. The molecule has 0 fully saturated rings. The van der Waals surface area contributed by atoms with Gasteiger partial charge >= 0.3 is 12.4 Å². The minimum atomic E-state index is -5.93. The van der Waals surface area contributed by atoms with Gasteiger partial charge in [-0.1, -0.05) is 15.9 Å². The number of rotatable bonds is 1. The predicted octanol–water partition coefficient (Wildman–Crippen LogP) is 3.34. The van der Waals surface area contributed by atoms with E-state index in [2.05, 4.69) is 15.9 Å². The fourth-order valence-electron chi connectivity index (χ4n) is 1.29. The van der Waals surface area contributed by atoms with E-state index in [9.17, 15) is 26.3 Å². The summed E-state index contributed by atoms with van der Waals surface area (Å²) in [5.41, 5.74) is -1.57. The molecule has 3 N–H and O–H groups in total. The summed E-state index contributed by atoms with van der Waals surface area (Å²) in [6.07, 6.45) is -11.9. The van der Waals surface area contributed by atoms with Crippen molar-refractivity contribution in [3.63, 3.8) is 0 Å². The summed E-state index contributed by atoms with van der Waals surface area (Å²) in [6, 6.07) is 2.42. The van der Waals surface area contributed by atoms with E-state index in [1.54, 1.807) is 0 Å². The summed E-state index contributed by atoms with van der Waals surface area (Å²) in [5, 5.41) is 9.13. The molecule has 0 unspecified atom stereocenters. The fourth-order valence-corrected chi connectivity index (χ4v) is 1.82. The minimum absolute atomic E-state index is 0.333. The minimum Gasteiger partial charge on any atom is -0.399 e. The van der Waals surface area contributed by atoms with Crippen LogP contribution in [-0.2, 0) is 5.60 Å². The van der Waals surface area contributed by atoms with Gasteiger partial charge in [0.2, 0.25) is 0 Å². The van der Waals surface area contributed by atoms with Crippen molar-refractivity contribution in [3.8, 4) is 0 Å². The fraction of sp³-hybridized carbons (Fsp3) is 0.333. The predicted molar refractivity (Wildman–Crippen MR) is 54.6 cm³/mol. The van der Waals surface area contributed by atoms with Crippen LogP contribution < -0.4 is 5.73 Å². The highest BCUT2D eigenvalue weighted by atomic mass is 79.9. The van der Waals surface area contributed by atoms with Crippen molar-refractivity contribution in [2.45, 2.75) is 18.0 Å². The third-order valence-corrected chi connectivity index (χ3v) is 2.89. The Morgan fingerprint density at radius 2 is 1.44 bits per heavy atom. The molecule has 9 heteroatoms. The van der Waals surface area contributed by atoms with Gasteiger partial charge in [-0.05, 0) is 18.2 Å². The Hall–Kier alpha value is -0.960. The van der Waals surface area contributed by atoms with E-state index in [4.69, 9.17) is 10.8 Å². The van der Waals surface area contributed by atoms with Gasteiger partial charge in [0, 0.05) is 15.7 Å². The van der Waals surface area contributed by atoms with Crippen molar-refractivity contribution in [1.82, 2.24) is 0 Å². The molecule has 102 valence electrons. The number of aliphatic hydroxyl groups is 1. The largest absolute Gasteiger partial charge is 0.430 e. The molecule has 0 radical (unpaired) electrons. The van der Waals surface area contributed by atoms with Gasteiger partial charge in [-0.15, -0.1) is 0 Å². The molecule has 0 saturated carbocycles. The molecule has 0 aliphatic carbocycles. The molecule has 2 nitrogen and oxygen atoms in total. The smallest absolute Gasteiger partial charge is 0.399 e. The number of alkyl halides is 6. The van der Waals surface area contributed by atoms with Gasteiger partial charge in [0.25, 0.3) is 5.60 Å². The van der Waals surface area contributed by atoms with Gasteiger partial charge in [0.15, 0.2) is 0 Å². The summed E-state index contributed by atoms with van der Waals surface area (Å²) in [7, 11) is 0. The molecule has 1 aromatic carbocycles. The Bertz CT molecular complexity index is 441. The summed E-state index contributed by atoms with van der Waals surface area (Å²) in [4.78, 5) is 0. The Kier molecular flexibility index (Phi) is 3.61. The third kappa shape index (κ3) is 2.28. The highest BCUT2D eigenvalue weighted by Crippen LogP contribution is 2.51. The van der Waals surface area contributed by atoms with Crippen LogP contribution in [0, 0.1) is 0 Å². The van der Waals surface area contributed by atoms with E-state index in [0.717, 1.165) is 12.1 Å². The van der Waals surface area contributed by atoms with Crippen molar-refractivity contribution in [1.29, 1.82) is 0 Å². The number of benzene rings is 1. The zero-order chi connectivity index (χ0) is 14.4. The molecule has 0 heterocycles. The van der Waals surface area contributed by atoms with Crippen LogP contribution in [0.5, 0.6) is 0 Å². The lowest BCUT2D eigenvalue weighted by Crippen LogP contribution is -2.54. The monoisotopic (exact) mass is 337 g/mol. The molecule has 0 atom stereocenters. The van der Waals surface area contributed by atoms with Crippen LogP contribution in [0.4, 0.5) is 32.0 Å². The van der Waals surface area contributed by atoms with Crippen molar-refractivity contribution in [3.05, 3.63) is 28.2 Å². The number of hydrogen-bond donors (Lipinski definition) is 2. The zero-order valence-electron chi connectivity index (χ0n) is 8.40. The molecule has 18 heavy (non-hydrogen) atoms. The van der Waals surface area contributed by atoms with Crippen LogP contribution in [0.25, 0.3) is 0 Å². The van der Waals surface area contributed by atoms with Crippen molar-refractivity contribution < 1.29 is 31.4 Å². The molecule has 0 aromatic heterocycles. The number of anilines is 1. The Labute approximate surface area is 106 Å². The summed E-state index contributed by atoms with van der Waals surface area (Å²) < 4.78 is 74.8. The van der Waals surface area contributed by atoms with E-state index in [0.29, 0.717) is 6.07 Å². The molecule has 0 aliphatic rings. The van der Waals surface area contributed by atoms with Gasteiger partial charge in [-0.3, -0.25) is 0 Å². The number of nitrogens with two attached hydrogens (primary N) is 1. The van der Waals surface area contributed by atoms with Crippen LogP contribution in [0.15, 0.2) is 22.7 Å².